The maximum absolute atomic E-state index is 11.8. The van der Waals surface area contributed by atoms with Crippen molar-refractivity contribution in [2.45, 2.75) is 32.1 Å². The number of aliphatic imine (C=N–C) groups is 1. The van der Waals surface area contributed by atoms with E-state index in [4.69, 9.17) is 4.74 Å². The highest BCUT2D eigenvalue weighted by atomic mass is 127. The standard InChI is InChI=1S/C19H27N3O2.HI/c1-3-24-18(23)14-8-10-22(11-9-14)19(20-2)21-13-16-12-15-6-4-5-7-17(15)16;/h4-7,14,16H,3,8-13H2,1-2H3,(H,20,21);1H. The Morgan fingerprint density at radius 2 is 2.04 bits per heavy atom. The van der Waals surface area contributed by atoms with E-state index in [0.29, 0.717) is 12.5 Å². The Bertz CT molecular complexity index is 612. The summed E-state index contributed by atoms with van der Waals surface area (Å²) in [4.78, 5) is 18.5. The van der Waals surface area contributed by atoms with Crippen LogP contribution in [0.25, 0.3) is 0 Å². The number of carbonyl (C=O) groups excluding carboxylic acids is 1. The number of nitrogens with one attached hydrogen (secondary N) is 1. The van der Waals surface area contributed by atoms with Gasteiger partial charge in [0.25, 0.3) is 0 Å². The second-order valence-electron chi connectivity index (χ2n) is 6.54. The van der Waals surface area contributed by atoms with Gasteiger partial charge in [0, 0.05) is 32.6 Å². The molecule has 0 amide bonds. The molecule has 1 atom stereocenters. The number of carbonyl (C=O) groups is 1. The predicted molar refractivity (Wildman–Crippen MR) is 111 cm³/mol. The van der Waals surface area contributed by atoms with Crippen LogP contribution in [-0.2, 0) is 16.0 Å². The average Bonchev–Trinajstić information content (AvgIpc) is 2.59. The van der Waals surface area contributed by atoms with Crippen LogP contribution in [0.4, 0.5) is 0 Å². The first-order valence-electron chi connectivity index (χ1n) is 8.93. The molecule has 1 aromatic rings. The van der Waals surface area contributed by atoms with E-state index in [1.54, 1.807) is 0 Å². The third-order valence-electron chi connectivity index (χ3n) is 5.09. The van der Waals surface area contributed by atoms with Crippen molar-refractivity contribution >= 4 is 35.9 Å². The Kier molecular flexibility index (Phi) is 7.53. The van der Waals surface area contributed by atoms with Crippen molar-refractivity contribution in [2.24, 2.45) is 10.9 Å². The molecule has 0 saturated carbocycles. The summed E-state index contributed by atoms with van der Waals surface area (Å²) in [6.07, 6.45) is 2.82. The summed E-state index contributed by atoms with van der Waals surface area (Å²) in [7, 11) is 1.83. The Balaban J connectivity index is 0.00000225. The van der Waals surface area contributed by atoms with Gasteiger partial charge < -0.3 is 15.0 Å². The van der Waals surface area contributed by atoms with Gasteiger partial charge in [0.2, 0.25) is 0 Å². The highest BCUT2D eigenvalue weighted by Crippen LogP contribution is 2.34. The number of piperidine rings is 1. The third-order valence-corrected chi connectivity index (χ3v) is 5.09. The number of likely N-dealkylation sites (tertiary alicyclic amines) is 1. The Morgan fingerprint density at radius 3 is 2.68 bits per heavy atom. The van der Waals surface area contributed by atoms with Crippen LogP contribution in [-0.4, -0.2) is 50.1 Å². The molecule has 1 aromatic carbocycles. The number of nitrogens with zero attached hydrogens (tertiary/aromatic N) is 2. The van der Waals surface area contributed by atoms with Crippen LogP contribution in [0.15, 0.2) is 29.3 Å². The number of rotatable bonds is 4. The van der Waals surface area contributed by atoms with Crippen LogP contribution in [0.1, 0.15) is 36.8 Å². The average molecular weight is 457 g/mol. The number of guanidine groups is 1. The van der Waals surface area contributed by atoms with E-state index in [2.05, 4.69) is 39.5 Å². The van der Waals surface area contributed by atoms with Crippen LogP contribution in [0.5, 0.6) is 0 Å². The van der Waals surface area contributed by atoms with E-state index in [1.807, 2.05) is 14.0 Å². The van der Waals surface area contributed by atoms with Crippen molar-refractivity contribution in [3.05, 3.63) is 35.4 Å². The molecule has 138 valence electrons. The molecule has 1 N–H and O–H groups in total. The number of fused-ring (bicyclic) bond motifs is 1. The second kappa shape index (κ2) is 9.40. The first kappa shape index (κ1) is 20.0. The fraction of sp³-hybridized carbons (Fsp3) is 0.579. The lowest BCUT2D eigenvalue weighted by atomic mass is 9.78. The van der Waals surface area contributed by atoms with Crippen LogP contribution >= 0.6 is 24.0 Å². The van der Waals surface area contributed by atoms with Gasteiger partial charge in [-0.15, -0.1) is 24.0 Å². The minimum Gasteiger partial charge on any atom is -0.466 e. The Hall–Kier alpha value is -1.31. The highest BCUT2D eigenvalue weighted by molar-refractivity contribution is 14.0. The molecule has 3 rings (SSSR count). The SMILES string of the molecule is CCOC(=O)C1CCN(C(=NC)NCC2Cc3ccccc32)CC1.I. The number of esters is 1. The van der Waals surface area contributed by atoms with Gasteiger partial charge in [-0.3, -0.25) is 9.79 Å². The van der Waals surface area contributed by atoms with Crippen molar-refractivity contribution < 1.29 is 9.53 Å². The third kappa shape index (κ3) is 4.65. The van der Waals surface area contributed by atoms with Crippen molar-refractivity contribution in [1.29, 1.82) is 0 Å². The summed E-state index contributed by atoms with van der Waals surface area (Å²) >= 11 is 0. The van der Waals surface area contributed by atoms with E-state index >= 15 is 0 Å². The van der Waals surface area contributed by atoms with Crippen LogP contribution in [0.3, 0.4) is 0 Å². The monoisotopic (exact) mass is 457 g/mol. The molecule has 1 fully saturated rings. The lowest BCUT2D eigenvalue weighted by Crippen LogP contribution is -2.48. The molecule has 0 aromatic heterocycles. The number of hydrogen-bond donors (Lipinski definition) is 1. The van der Waals surface area contributed by atoms with Crippen LogP contribution in [0, 0.1) is 5.92 Å². The van der Waals surface area contributed by atoms with Gasteiger partial charge in [-0.2, -0.15) is 0 Å². The van der Waals surface area contributed by atoms with Gasteiger partial charge in [-0.25, -0.2) is 0 Å². The van der Waals surface area contributed by atoms with Crippen molar-refractivity contribution in [2.75, 3.05) is 33.3 Å². The molecular formula is C19H28IN3O2. The van der Waals surface area contributed by atoms with Crippen LogP contribution < -0.4 is 5.32 Å². The predicted octanol–water partition coefficient (Wildman–Crippen LogP) is 2.79. The molecule has 5 nitrogen and oxygen atoms in total. The summed E-state index contributed by atoms with van der Waals surface area (Å²) in [6.45, 7) is 4.94. The zero-order chi connectivity index (χ0) is 16.9. The second-order valence-corrected chi connectivity index (χ2v) is 6.54. The van der Waals surface area contributed by atoms with E-state index in [-0.39, 0.29) is 35.9 Å². The van der Waals surface area contributed by atoms with Crippen LogP contribution in [0.2, 0.25) is 0 Å². The van der Waals surface area contributed by atoms with Gasteiger partial charge >= 0.3 is 5.97 Å². The molecule has 1 saturated heterocycles. The number of halogens is 1. The zero-order valence-corrected chi connectivity index (χ0v) is 17.4. The molecule has 1 aliphatic heterocycles. The lowest BCUT2D eigenvalue weighted by molar-refractivity contribution is -0.149. The topological polar surface area (TPSA) is 53.9 Å². The highest BCUT2D eigenvalue weighted by Gasteiger charge is 2.29. The van der Waals surface area contributed by atoms with Gasteiger partial charge in [-0.05, 0) is 37.3 Å². The van der Waals surface area contributed by atoms with Crippen molar-refractivity contribution in [3.8, 4) is 0 Å². The molecule has 2 aliphatic rings. The van der Waals surface area contributed by atoms with Gasteiger partial charge in [0.05, 0.1) is 12.5 Å². The molecule has 25 heavy (non-hydrogen) atoms. The van der Waals surface area contributed by atoms with E-state index < -0.39 is 0 Å². The number of hydrogen-bond acceptors (Lipinski definition) is 3. The summed E-state index contributed by atoms with van der Waals surface area (Å²) < 4.78 is 5.13. The Labute approximate surface area is 167 Å². The minimum atomic E-state index is -0.0498. The largest absolute Gasteiger partial charge is 0.466 e. The molecule has 0 spiro atoms. The van der Waals surface area contributed by atoms with E-state index in [1.165, 1.54) is 11.1 Å². The summed E-state index contributed by atoms with van der Waals surface area (Å²) in [6, 6.07) is 8.65. The first-order valence-corrected chi connectivity index (χ1v) is 8.93. The number of ether oxygens (including phenoxy) is 1. The van der Waals surface area contributed by atoms with Crippen molar-refractivity contribution in [1.82, 2.24) is 10.2 Å². The smallest absolute Gasteiger partial charge is 0.309 e. The quantitative estimate of drug-likeness (QED) is 0.327. The molecule has 0 radical (unpaired) electrons. The normalized spacial score (nSPS) is 20.2. The van der Waals surface area contributed by atoms with Gasteiger partial charge in [0.1, 0.15) is 0 Å². The summed E-state index contributed by atoms with van der Waals surface area (Å²) in [5, 5.41) is 3.51. The molecular weight excluding hydrogens is 429 g/mol. The molecule has 1 aliphatic carbocycles. The maximum atomic E-state index is 11.8. The maximum Gasteiger partial charge on any atom is 0.309 e. The zero-order valence-electron chi connectivity index (χ0n) is 15.0. The number of benzene rings is 1. The van der Waals surface area contributed by atoms with Gasteiger partial charge in [0.15, 0.2) is 5.96 Å². The molecule has 1 unspecified atom stereocenters. The minimum absolute atomic E-state index is 0. The van der Waals surface area contributed by atoms with E-state index in [9.17, 15) is 4.79 Å². The molecule has 1 heterocycles. The van der Waals surface area contributed by atoms with Crippen molar-refractivity contribution in [3.63, 3.8) is 0 Å². The van der Waals surface area contributed by atoms with Gasteiger partial charge in [-0.1, -0.05) is 24.3 Å². The molecule has 6 heteroatoms. The fourth-order valence-corrected chi connectivity index (χ4v) is 3.68. The fourth-order valence-electron chi connectivity index (χ4n) is 3.68. The Morgan fingerprint density at radius 1 is 1.32 bits per heavy atom. The molecule has 0 bridgehead atoms. The summed E-state index contributed by atoms with van der Waals surface area (Å²) in [5.74, 6) is 1.51. The lowest BCUT2D eigenvalue weighted by Gasteiger charge is -2.35. The van der Waals surface area contributed by atoms with E-state index in [0.717, 1.165) is 44.9 Å². The summed E-state index contributed by atoms with van der Waals surface area (Å²) in [5.41, 5.74) is 2.93. The first-order chi connectivity index (χ1) is 11.7.